The number of hydrogen-bond donors (Lipinski definition) is 2. The van der Waals surface area contributed by atoms with E-state index in [0.717, 1.165) is 30.7 Å². The largest absolute Gasteiger partial charge is 0.573 e. The van der Waals surface area contributed by atoms with Gasteiger partial charge in [0.1, 0.15) is 5.75 Å². The Morgan fingerprint density at radius 3 is 2.26 bits per heavy atom. The first-order valence-electron chi connectivity index (χ1n) is 12.7. The van der Waals surface area contributed by atoms with Gasteiger partial charge in [0.2, 0.25) is 5.82 Å². The molecule has 2 heterocycles. The van der Waals surface area contributed by atoms with Crippen LogP contribution in [0.4, 0.5) is 35.2 Å². The molecule has 9 nitrogen and oxygen atoms in total. The zero-order valence-electron chi connectivity index (χ0n) is 21.4. The molecular formula is C27H29F3N6O3. The number of alkyl halides is 3. The number of anilines is 3. The average Bonchev–Trinajstić information content (AvgIpc) is 3.63. The SMILES string of the molecule is Cc1ccc(N2CCN(C(=O)c3nc(NC(=O)Nc4ccc(OC(F)(F)F)cc4)cn3CC3CC3)CC2)cc1. The number of halogens is 3. The topological polar surface area (TPSA) is 91.7 Å². The molecule has 1 saturated heterocycles. The molecule has 0 bridgehead atoms. The first-order chi connectivity index (χ1) is 18.6. The van der Waals surface area contributed by atoms with Crippen LogP contribution in [0, 0.1) is 12.8 Å². The number of imidazole rings is 1. The van der Waals surface area contributed by atoms with Crippen LogP contribution in [0.5, 0.6) is 5.75 Å². The van der Waals surface area contributed by atoms with Gasteiger partial charge in [-0.1, -0.05) is 17.7 Å². The van der Waals surface area contributed by atoms with E-state index in [2.05, 4.69) is 49.5 Å². The molecule has 2 fully saturated rings. The van der Waals surface area contributed by atoms with Crippen molar-refractivity contribution in [2.24, 2.45) is 5.92 Å². The highest BCUT2D eigenvalue weighted by molar-refractivity contribution is 6.00. The minimum absolute atomic E-state index is 0.187. The molecule has 206 valence electrons. The molecule has 0 spiro atoms. The van der Waals surface area contributed by atoms with E-state index in [4.69, 9.17) is 0 Å². The number of carbonyl (C=O) groups excluding carboxylic acids is 2. The first kappa shape index (κ1) is 26.4. The second-order valence-electron chi connectivity index (χ2n) is 9.81. The van der Waals surface area contributed by atoms with E-state index in [1.165, 1.54) is 17.7 Å². The summed E-state index contributed by atoms with van der Waals surface area (Å²) in [6.45, 7) is 5.21. The third kappa shape index (κ3) is 7.01. The lowest BCUT2D eigenvalue weighted by Gasteiger charge is -2.36. The molecule has 2 N–H and O–H groups in total. The van der Waals surface area contributed by atoms with E-state index in [1.807, 2.05) is 6.92 Å². The van der Waals surface area contributed by atoms with E-state index in [0.29, 0.717) is 38.6 Å². The zero-order chi connectivity index (χ0) is 27.6. The molecule has 0 unspecified atom stereocenters. The number of nitrogens with one attached hydrogen (secondary N) is 2. The predicted molar refractivity (Wildman–Crippen MR) is 140 cm³/mol. The van der Waals surface area contributed by atoms with Crippen LogP contribution < -0.4 is 20.3 Å². The molecule has 1 aliphatic carbocycles. The number of nitrogens with zero attached hydrogens (tertiary/aromatic N) is 4. The molecule has 1 aromatic heterocycles. The maximum atomic E-state index is 13.4. The Kier molecular flexibility index (Phi) is 7.36. The molecule has 3 amide bonds. The molecule has 0 radical (unpaired) electrons. The molecule has 3 aromatic rings. The fraction of sp³-hybridized carbons (Fsp3) is 0.370. The molecular weight excluding hydrogens is 513 g/mol. The summed E-state index contributed by atoms with van der Waals surface area (Å²) in [7, 11) is 0. The van der Waals surface area contributed by atoms with Gasteiger partial charge in [-0.25, -0.2) is 9.78 Å². The minimum atomic E-state index is -4.80. The Balaban J connectivity index is 1.21. The Bertz CT molecular complexity index is 1310. The van der Waals surface area contributed by atoms with Gasteiger partial charge in [0, 0.05) is 50.3 Å². The number of hydrogen-bond acceptors (Lipinski definition) is 5. The van der Waals surface area contributed by atoms with Gasteiger partial charge in [-0.2, -0.15) is 0 Å². The third-order valence-electron chi connectivity index (χ3n) is 6.67. The van der Waals surface area contributed by atoms with Crippen LogP contribution in [0.3, 0.4) is 0 Å². The quantitative estimate of drug-likeness (QED) is 0.433. The fourth-order valence-corrected chi connectivity index (χ4v) is 4.45. The maximum absolute atomic E-state index is 13.4. The maximum Gasteiger partial charge on any atom is 0.573 e. The number of piperazine rings is 1. The van der Waals surface area contributed by atoms with Crippen LogP contribution in [0.1, 0.15) is 29.0 Å². The Hall–Kier alpha value is -4.22. The van der Waals surface area contributed by atoms with E-state index >= 15 is 0 Å². The number of aromatic nitrogens is 2. The van der Waals surface area contributed by atoms with Crippen LogP contribution in [0.25, 0.3) is 0 Å². The highest BCUT2D eigenvalue weighted by atomic mass is 19.4. The summed E-state index contributed by atoms with van der Waals surface area (Å²) < 4.78 is 42.7. The van der Waals surface area contributed by atoms with Crippen LogP contribution in [-0.2, 0) is 6.54 Å². The van der Waals surface area contributed by atoms with E-state index < -0.39 is 18.1 Å². The lowest BCUT2D eigenvalue weighted by Crippen LogP contribution is -2.49. The number of ether oxygens (including phenoxy) is 1. The molecule has 1 saturated carbocycles. The predicted octanol–water partition coefficient (Wildman–Crippen LogP) is 5.11. The summed E-state index contributed by atoms with van der Waals surface area (Å²) in [6, 6.07) is 12.5. The normalized spacial score (nSPS) is 15.7. The Labute approximate surface area is 223 Å². The number of carbonyl (C=O) groups is 2. The van der Waals surface area contributed by atoms with Crippen molar-refractivity contribution in [1.29, 1.82) is 0 Å². The third-order valence-corrected chi connectivity index (χ3v) is 6.67. The molecule has 12 heteroatoms. The van der Waals surface area contributed by atoms with E-state index in [-0.39, 0.29) is 23.2 Å². The van der Waals surface area contributed by atoms with Crippen LogP contribution in [0.2, 0.25) is 0 Å². The summed E-state index contributed by atoms with van der Waals surface area (Å²) in [5.74, 6) is 0.382. The van der Waals surface area contributed by atoms with Crippen molar-refractivity contribution in [2.45, 2.75) is 32.7 Å². The van der Waals surface area contributed by atoms with Crippen molar-refractivity contribution >= 4 is 29.1 Å². The second-order valence-corrected chi connectivity index (χ2v) is 9.81. The zero-order valence-corrected chi connectivity index (χ0v) is 21.4. The van der Waals surface area contributed by atoms with Crippen LogP contribution in [0.15, 0.2) is 54.7 Å². The minimum Gasteiger partial charge on any atom is -0.406 e. The summed E-state index contributed by atoms with van der Waals surface area (Å²) in [6.07, 6.45) is -0.986. The van der Waals surface area contributed by atoms with Crippen molar-refractivity contribution in [1.82, 2.24) is 14.5 Å². The number of urea groups is 1. The van der Waals surface area contributed by atoms with Gasteiger partial charge >= 0.3 is 12.4 Å². The summed E-state index contributed by atoms with van der Waals surface area (Å²) in [4.78, 5) is 34.4. The van der Waals surface area contributed by atoms with Crippen molar-refractivity contribution in [2.75, 3.05) is 41.7 Å². The van der Waals surface area contributed by atoms with E-state index in [9.17, 15) is 22.8 Å². The van der Waals surface area contributed by atoms with Crippen molar-refractivity contribution in [3.05, 3.63) is 66.1 Å². The molecule has 2 aliphatic rings. The average molecular weight is 543 g/mol. The van der Waals surface area contributed by atoms with Gasteiger partial charge in [0.25, 0.3) is 5.91 Å². The van der Waals surface area contributed by atoms with Gasteiger partial charge in [0.15, 0.2) is 5.82 Å². The number of benzene rings is 2. The molecule has 0 atom stereocenters. The van der Waals surface area contributed by atoms with Crippen LogP contribution >= 0.6 is 0 Å². The van der Waals surface area contributed by atoms with Crippen LogP contribution in [-0.4, -0.2) is 58.9 Å². The summed E-state index contributed by atoms with van der Waals surface area (Å²) >= 11 is 0. The van der Waals surface area contributed by atoms with Crippen molar-refractivity contribution in [3.63, 3.8) is 0 Å². The van der Waals surface area contributed by atoms with Gasteiger partial charge in [-0.05, 0) is 62.1 Å². The molecule has 5 rings (SSSR count). The van der Waals surface area contributed by atoms with Gasteiger partial charge in [-0.3, -0.25) is 10.1 Å². The highest BCUT2D eigenvalue weighted by Crippen LogP contribution is 2.32. The Morgan fingerprint density at radius 2 is 1.64 bits per heavy atom. The molecule has 1 aliphatic heterocycles. The van der Waals surface area contributed by atoms with E-state index in [1.54, 1.807) is 15.7 Å². The van der Waals surface area contributed by atoms with Crippen molar-refractivity contribution < 1.29 is 27.5 Å². The summed E-state index contributed by atoms with van der Waals surface area (Å²) in [5, 5.41) is 5.16. The highest BCUT2D eigenvalue weighted by Gasteiger charge is 2.31. The lowest BCUT2D eigenvalue weighted by molar-refractivity contribution is -0.274. The monoisotopic (exact) mass is 542 g/mol. The lowest BCUT2D eigenvalue weighted by atomic mass is 10.2. The number of rotatable bonds is 7. The molecule has 2 aromatic carbocycles. The van der Waals surface area contributed by atoms with Crippen molar-refractivity contribution in [3.8, 4) is 5.75 Å². The Morgan fingerprint density at radius 1 is 0.974 bits per heavy atom. The standard InChI is InChI=1S/C27H29F3N6O3/c1-18-2-8-21(9-3-18)34-12-14-35(15-13-34)25(37)24-32-23(17-36(24)16-19-4-5-19)33-26(38)31-20-6-10-22(11-7-20)39-27(28,29)30/h2-3,6-11,17,19H,4-5,12-16H2,1H3,(H2,31,33,38). The summed E-state index contributed by atoms with van der Waals surface area (Å²) in [5.41, 5.74) is 2.59. The molecule has 39 heavy (non-hydrogen) atoms. The number of amides is 3. The fourth-order valence-electron chi connectivity index (χ4n) is 4.45. The van der Waals surface area contributed by atoms with Gasteiger partial charge in [0.05, 0.1) is 0 Å². The first-order valence-corrected chi connectivity index (χ1v) is 12.7. The van der Waals surface area contributed by atoms with Gasteiger partial charge in [-0.15, -0.1) is 13.2 Å². The van der Waals surface area contributed by atoms with Gasteiger partial charge < -0.3 is 24.4 Å². The number of aryl methyl sites for hydroxylation is 1. The smallest absolute Gasteiger partial charge is 0.406 e. The second kappa shape index (κ2) is 10.9.